The molecule has 0 aromatic carbocycles. The van der Waals surface area contributed by atoms with Gasteiger partial charge >= 0.3 is 0 Å². The van der Waals surface area contributed by atoms with E-state index in [1.54, 1.807) is 0 Å². The van der Waals surface area contributed by atoms with E-state index in [2.05, 4.69) is 31.9 Å². The maximum absolute atomic E-state index is 9.07. The first kappa shape index (κ1) is 10.5. The van der Waals surface area contributed by atoms with Crippen molar-refractivity contribution in [2.75, 3.05) is 7.05 Å². The van der Waals surface area contributed by atoms with Gasteiger partial charge in [0.15, 0.2) is 0 Å². The molecule has 74 valence electrons. The standard InChI is InChI=1S/C11H20N2/c1-10(2,8-12)9-6-7-11(3,4)13(9)5/h9H,6-7H2,1-5H3. The fraction of sp³-hybridized carbons (Fsp3) is 0.909. The molecule has 0 amide bonds. The molecule has 13 heavy (non-hydrogen) atoms. The van der Waals surface area contributed by atoms with Gasteiger partial charge < -0.3 is 0 Å². The third-order valence-electron chi connectivity index (χ3n) is 3.57. The van der Waals surface area contributed by atoms with Gasteiger partial charge in [0, 0.05) is 11.6 Å². The van der Waals surface area contributed by atoms with E-state index in [1.165, 1.54) is 6.42 Å². The zero-order chi connectivity index (χ0) is 10.3. The predicted octanol–water partition coefficient (Wildman–Crippen LogP) is 2.41. The van der Waals surface area contributed by atoms with Gasteiger partial charge in [-0.2, -0.15) is 5.26 Å². The van der Waals surface area contributed by atoms with E-state index in [0.717, 1.165) is 6.42 Å². The minimum absolute atomic E-state index is 0.220. The van der Waals surface area contributed by atoms with Crippen LogP contribution in [0.15, 0.2) is 0 Å². The Morgan fingerprint density at radius 1 is 1.46 bits per heavy atom. The zero-order valence-electron chi connectivity index (χ0n) is 9.39. The van der Waals surface area contributed by atoms with E-state index in [4.69, 9.17) is 5.26 Å². The largest absolute Gasteiger partial charge is 0.297 e. The number of nitrogens with zero attached hydrogens (tertiary/aromatic N) is 2. The average Bonchev–Trinajstić information content (AvgIpc) is 2.28. The van der Waals surface area contributed by atoms with Crippen LogP contribution in [-0.4, -0.2) is 23.5 Å². The van der Waals surface area contributed by atoms with Crippen molar-refractivity contribution in [3.63, 3.8) is 0 Å². The lowest BCUT2D eigenvalue weighted by Gasteiger charge is -2.37. The molecule has 1 rings (SSSR count). The van der Waals surface area contributed by atoms with Crippen molar-refractivity contribution >= 4 is 0 Å². The molecule has 2 heteroatoms. The number of nitriles is 1. The molecule has 1 aliphatic rings. The fourth-order valence-corrected chi connectivity index (χ4v) is 2.20. The summed E-state index contributed by atoms with van der Waals surface area (Å²) in [5.41, 5.74) is 0.0430. The number of hydrogen-bond acceptors (Lipinski definition) is 2. The molecule has 1 fully saturated rings. The molecule has 0 spiro atoms. The van der Waals surface area contributed by atoms with Crippen LogP contribution < -0.4 is 0 Å². The maximum Gasteiger partial charge on any atom is 0.0700 e. The molecule has 1 saturated heterocycles. The first-order valence-electron chi connectivity index (χ1n) is 4.95. The van der Waals surface area contributed by atoms with Gasteiger partial charge in [0.25, 0.3) is 0 Å². The Hall–Kier alpha value is -0.550. The summed E-state index contributed by atoms with van der Waals surface area (Å²) in [4.78, 5) is 2.36. The van der Waals surface area contributed by atoms with Crippen molar-refractivity contribution in [1.82, 2.24) is 4.90 Å². The van der Waals surface area contributed by atoms with E-state index in [1.807, 2.05) is 13.8 Å². The molecule has 0 radical (unpaired) electrons. The SMILES string of the molecule is CN1C(C(C)(C)C#N)CCC1(C)C. The summed E-state index contributed by atoms with van der Waals surface area (Å²) < 4.78 is 0. The summed E-state index contributed by atoms with van der Waals surface area (Å²) in [6, 6.07) is 2.82. The molecule has 0 saturated carbocycles. The quantitative estimate of drug-likeness (QED) is 0.619. The second-order valence-corrected chi connectivity index (χ2v) is 5.31. The minimum atomic E-state index is -0.220. The fourth-order valence-electron chi connectivity index (χ4n) is 2.20. The Kier molecular flexibility index (Phi) is 2.42. The van der Waals surface area contributed by atoms with Gasteiger partial charge in [-0.1, -0.05) is 0 Å². The van der Waals surface area contributed by atoms with Gasteiger partial charge in [0.2, 0.25) is 0 Å². The first-order valence-corrected chi connectivity index (χ1v) is 4.95. The molecule has 1 unspecified atom stereocenters. The van der Waals surface area contributed by atoms with Gasteiger partial charge in [-0.25, -0.2) is 0 Å². The molecule has 1 heterocycles. The summed E-state index contributed by atoms with van der Waals surface area (Å²) in [7, 11) is 2.14. The van der Waals surface area contributed by atoms with Gasteiger partial charge in [0.1, 0.15) is 0 Å². The van der Waals surface area contributed by atoms with Crippen LogP contribution in [0.1, 0.15) is 40.5 Å². The van der Waals surface area contributed by atoms with E-state index in [-0.39, 0.29) is 11.0 Å². The highest BCUT2D eigenvalue weighted by Crippen LogP contribution is 2.39. The maximum atomic E-state index is 9.07. The number of rotatable bonds is 1. The summed E-state index contributed by atoms with van der Waals surface area (Å²) >= 11 is 0. The minimum Gasteiger partial charge on any atom is -0.297 e. The molecular weight excluding hydrogens is 160 g/mol. The molecule has 0 aromatic heterocycles. The predicted molar refractivity (Wildman–Crippen MR) is 54.3 cm³/mol. The Morgan fingerprint density at radius 2 is 2.00 bits per heavy atom. The van der Waals surface area contributed by atoms with Gasteiger partial charge in [-0.3, -0.25) is 4.90 Å². The van der Waals surface area contributed by atoms with Gasteiger partial charge in [-0.05, 0) is 47.6 Å². The lowest BCUT2D eigenvalue weighted by molar-refractivity contribution is 0.116. The Balaban J connectivity index is 2.83. The smallest absolute Gasteiger partial charge is 0.0700 e. The summed E-state index contributed by atoms with van der Waals surface area (Å²) in [6.07, 6.45) is 2.34. The Morgan fingerprint density at radius 3 is 2.31 bits per heavy atom. The molecule has 0 N–H and O–H groups in total. The van der Waals surface area contributed by atoms with Crippen molar-refractivity contribution in [2.24, 2.45) is 5.41 Å². The molecule has 1 aliphatic heterocycles. The second-order valence-electron chi connectivity index (χ2n) is 5.31. The lowest BCUT2D eigenvalue weighted by atomic mass is 9.85. The van der Waals surface area contributed by atoms with E-state index >= 15 is 0 Å². The Labute approximate surface area is 81.5 Å². The molecule has 0 aliphatic carbocycles. The van der Waals surface area contributed by atoms with E-state index in [0.29, 0.717) is 6.04 Å². The van der Waals surface area contributed by atoms with E-state index in [9.17, 15) is 0 Å². The van der Waals surface area contributed by atoms with Crippen LogP contribution in [0.4, 0.5) is 0 Å². The normalized spacial score (nSPS) is 28.8. The number of likely N-dealkylation sites (tertiary alicyclic amines) is 1. The van der Waals surface area contributed by atoms with Crippen LogP contribution in [-0.2, 0) is 0 Å². The summed E-state index contributed by atoms with van der Waals surface area (Å²) in [6.45, 7) is 8.58. The summed E-state index contributed by atoms with van der Waals surface area (Å²) in [5.74, 6) is 0. The molecule has 2 nitrogen and oxygen atoms in total. The van der Waals surface area contributed by atoms with Crippen LogP contribution in [0.5, 0.6) is 0 Å². The Bertz CT molecular complexity index is 235. The topological polar surface area (TPSA) is 27.0 Å². The highest BCUT2D eigenvalue weighted by atomic mass is 15.2. The highest BCUT2D eigenvalue weighted by Gasteiger charge is 2.44. The van der Waals surface area contributed by atoms with Crippen LogP contribution in [0.25, 0.3) is 0 Å². The average molecular weight is 180 g/mol. The number of hydrogen-bond donors (Lipinski definition) is 0. The van der Waals surface area contributed by atoms with Crippen molar-refractivity contribution in [3.05, 3.63) is 0 Å². The van der Waals surface area contributed by atoms with Crippen molar-refractivity contribution in [3.8, 4) is 6.07 Å². The van der Waals surface area contributed by atoms with Gasteiger partial charge in [0.05, 0.1) is 11.5 Å². The third-order valence-corrected chi connectivity index (χ3v) is 3.57. The summed E-state index contributed by atoms with van der Waals surface area (Å²) in [5, 5.41) is 9.07. The first-order chi connectivity index (χ1) is 5.81. The second kappa shape index (κ2) is 2.99. The van der Waals surface area contributed by atoms with Crippen LogP contribution in [0, 0.1) is 16.7 Å². The molecule has 0 bridgehead atoms. The molecule has 1 atom stereocenters. The molecule has 0 aromatic rings. The monoisotopic (exact) mass is 180 g/mol. The van der Waals surface area contributed by atoms with Gasteiger partial charge in [-0.15, -0.1) is 0 Å². The van der Waals surface area contributed by atoms with Crippen LogP contribution >= 0.6 is 0 Å². The van der Waals surface area contributed by atoms with Crippen molar-refractivity contribution in [1.29, 1.82) is 5.26 Å². The zero-order valence-corrected chi connectivity index (χ0v) is 9.39. The lowest BCUT2D eigenvalue weighted by Crippen LogP contribution is -2.45. The van der Waals surface area contributed by atoms with Crippen LogP contribution in [0.2, 0.25) is 0 Å². The highest BCUT2D eigenvalue weighted by molar-refractivity contribution is 5.06. The molecular formula is C11H20N2. The van der Waals surface area contributed by atoms with E-state index < -0.39 is 0 Å². The van der Waals surface area contributed by atoms with Crippen LogP contribution in [0.3, 0.4) is 0 Å². The van der Waals surface area contributed by atoms with Crippen molar-refractivity contribution < 1.29 is 0 Å². The third kappa shape index (κ3) is 1.71. The van der Waals surface area contributed by atoms with Crippen molar-refractivity contribution in [2.45, 2.75) is 52.1 Å².